The maximum atomic E-state index is 4.66. The Morgan fingerprint density at radius 3 is 3.00 bits per heavy atom. The van der Waals surface area contributed by atoms with Crippen molar-refractivity contribution in [1.29, 1.82) is 0 Å². The minimum Gasteiger partial charge on any atom is -0.319 e. The Kier molecular flexibility index (Phi) is 2.39. The van der Waals surface area contributed by atoms with Gasteiger partial charge in [0.25, 0.3) is 0 Å². The van der Waals surface area contributed by atoms with Gasteiger partial charge in [-0.05, 0) is 19.9 Å². The molecule has 0 aromatic carbocycles. The van der Waals surface area contributed by atoms with Gasteiger partial charge in [0.2, 0.25) is 0 Å². The van der Waals surface area contributed by atoms with E-state index in [4.69, 9.17) is 0 Å². The molecule has 2 rings (SSSR count). The molecular formula is C10H16N2S. The maximum Gasteiger partial charge on any atom is 0.0987 e. The summed E-state index contributed by atoms with van der Waals surface area (Å²) in [4.78, 5) is 4.66. The highest BCUT2D eigenvalue weighted by molar-refractivity contribution is 7.09. The minimum atomic E-state index is 0.447. The molecule has 0 saturated heterocycles. The molecule has 0 radical (unpaired) electrons. The van der Waals surface area contributed by atoms with Gasteiger partial charge >= 0.3 is 0 Å². The van der Waals surface area contributed by atoms with Crippen molar-refractivity contribution in [2.75, 3.05) is 13.6 Å². The highest BCUT2D eigenvalue weighted by atomic mass is 32.1. The molecule has 2 nitrogen and oxygen atoms in total. The molecule has 0 spiro atoms. The van der Waals surface area contributed by atoms with E-state index >= 15 is 0 Å². The Bertz CT molecular complexity index is 289. The zero-order valence-corrected chi connectivity index (χ0v) is 9.08. The van der Waals surface area contributed by atoms with Crippen LogP contribution in [0.1, 0.15) is 30.5 Å². The molecule has 0 unspecified atom stereocenters. The second-order valence-corrected chi connectivity index (χ2v) is 4.92. The largest absolute Gasteiger partial charge is 0.319 e. The van der Waals surface area contributed by atoms with Gasteiger partial charge in [0, 0.05) is 23.8 Å². The van der Waals surface area contributed by atoms with E-state index in [0.717, 1.165) is 13.0 Å². The van der Waals surface area contributed by atoms with Crippen molar-refractivity contribution >= 4 is 11.3 Å². The molecule has 3 heteroatoms. The number of thiazole rings is 1. The van der Waals surface area contributed by atoms with Crippen LogP contribution in [0, 0.1) is 0 Å². The molecule has 1 aliphatic rings. The molecule has 1 aromatic heterocycles. The zero-order chi connectivity index (χ0) is 9.31. The van der Waals surface area contributed by atoms with E-state index in [9.17, 15) is 0 Å². The van der Waals surface area contributed by atoms with Gasteiger partial charge in [-0.2, -0.15) is 0 Å². The van der Waals surface area contributed by atoms with Gasteiger partial charge in [-0.1, -0.05) is 6.92 Å². The van der Waals surface area contributed by atoms with Gasteiger partial charge in [0.05, 0.1) is 10.7 Å². The van der Waals surface area contributed by atoms with E-state index in [1.807, 2.05) is 18.4 Å². The Hall–Kier alpha value is -0.410. The van der Waals surface area contributed by atoms with Crippen molar-refractivity contribution in [2.24, 2.45) is 0 Å². The lowest BCUT2D eigenvalue weighted by atomic mass is 10.2. The monoisotopic (exact) mass is 196 g/mol. The number of hydrogen-bond donors (Lipinski definition) is 1. The standard InChI is InChI=1S/C10H16N2S/c1-10(4-5-10)9-12-8(7-13-9)3-6-11-2/h7,11H,3-6H2,1-2H3. The molecule has 1 aromatic rings. The first-order valence-corrected chi connectivity index (χ1v) is 5.72. The number of rotatable bonds is 4. The van der Waals surface area contributed by atoms with E-state index in [2.05, 4.69) is 22.6 Å². The van der Waals surface area contributed by atoms with Crippen molar-refractivity contribution in [2.45, 2.75) is 31.6 Å². The molecule has 13 heavy (non-hydrogen) atoms. The van der Waals surface area contributed by atoms with Crippen molar-refractivity contribution in [1.82, 2.24) is 10.3 Å². The molecule has 0 amide bonds. The summed E-state index contributed by atoms with van der Waals surface area (Å²) in [6.45, 7) is 3.34. The van der Waals surface area contributed by atoms with Crippen molar-refractivity contribution in [3.8, 4) is 0 Å². The average molecular weight is 196 g/mol. The smallest absolute Gasteiger partial charge is 0.0987 e. The van der Waals surface area contributed by atoms with E-state index in [1.165, 1.54) is 23.5 Å². The first kappa shape index (κ1) is 9.16. The molecule has 1 saturated carbocycles. The van der Waals surface area contributed by atoms with Gasteiger partial charge in [-0.3, -0.25) is 0 Å². The molecule has 1 aliphatic carbocycles. The van der Waals surface area contributed by atoms with Crippen LogP contribution in [0.4, 0.5) is 0 Å². The van der Waals surface area contributed by atoms with Gasteiger partial charge < -0.3 is 5.32 Å². The second kappa shape index (κ2) is 3.39. The molecule has 1 N–H and O–H groups in total. The number of nitrogens with one attached hydrogen (secondary N) is 1. The third kappa shape index (κ3) is 1.92. The van der Waals surface area contributed by atoms with Gasteiger partial charge in [-0.25, -0.2) is 4.98 Å². The van der Waals surface area contributed by atoms with Gasteiger partial charge in [0.15, 0.2) is 0 Å². The fourth-order valence-corrected chi connectivity index (χ4v) is 2.43. The van der Waals surface area contributed by atoms with E-state index < -0.39 is 0 Å². The van der Waals surface area contributed by atoms with E-state index in [0.29, 0.717) is 5.41 Å². The van der Waals surface area contributed by atoms with E-state index in [-0.39, 0.29) is 0 Å². The van der Waals surface area contributed by atoms with Gasteiger partial charge in [-0.15, -0.1) is 11.3 Å². The molecule has 0 atom stereocenters. The number of hydrogen-bond acceptors (Lipinski definition) is 3. The van der Waals surface area contributed by atoms with Crippen LogP contribution in [-0.4, -0.2) is 18.6 Å². The Morgan fingerprint density at radius 1 is 1.62 bits per heavy atom. The summed E-state index contributed by atoms with van der Waals surface area (Å²) in [7, 11) is 1.98. The summed E-state index contributed by atoms with van der Waals surface area (Å²) in [5.74, 6) is 0. The zero-order valence-electron chi connectivity index (χ0n) is 8.26. The SMILES string of the molecule is CNCCc1csc(C2(C)CC2)n1. The predicted octanol–water partition coefficient (Wildman–Crippen LogP) is 1.96. The quantitative estimate of drug-likeness (QED) is 0.796. The Balaban J connectivity index is 2.01. The van der Waals surface area contributed by atoms with Crippen LogP contribution in [-0.2, 0) is 11.8 Å². The van der Waals surface area contributed by atoms with Crippen molar-refractivity contribution in [3.05, 3.63) is 16.1 Å². The fourth-order valence-electron chi connectivity index (χ4n) is 1.35. The van der Waals surface area contributed by atoms with Crippen LogP contribution in [0.3, 0.4) is 0 Å². The third-order valence-electron chi connectivity index (χ3n) is 2.70. The Morgan fingerprint density at radius 2 is 2.38 bits per heavy atom. The summed E-state index contributed by atoms with van der Waals surface area (Å²) in [6, 6.07) is 0. The minimum absolute atomic E-state index is 0.447. The number of likely N-dealkylation sites (N-methyl/N-ethyl adjacent to an activating group) is 1. The van der Waals surface area contributed by atoms with Crippen LogP contribution in [0.5, 0.6) is 0 Å². The van der Waals surface area contributed by atoms with Crippen LogP contribution in [0.25, 0.3) is 0 Å². The van der Waals surface area contributed by atoms with Crippen LogP contribution in [0.2, 0.25) is 0 Å². The van der Waals surface area contributed by atoms with Crippen LogP contribution >= 0.6 is 11.3 Å². The summed E-state index contributed by atoms with van der Waals surface area (Å²) in [5, 5.41) is 6.69. The van der Waals surface area contributed by atoms with Crippen LogP contribution in [0.15, 0.2) is 5.38 Å². The first-order chi connectivity index (χ1) is 6.24. The lowest BCUT2D eigenvalue weighted by Gasteiger charge is -2.00. The molecule has 1 heterocycles. The molecule has 0 bridgehead atoms. The third-order valence-corrected chi connectivity index (χ3v) is 3.90. The van der Waals surface area contributed by atoms with E-state index in [1.54, 1.807) is 0 Å². The van der Waals surface area contributed by atoms with Crippen LogP contribution < -0.4 is 5.32 Å². The lowest BCUT2D eigenvalue weighted by molar-refractivity contribution is 0.746. The summed E-state index contributed by atoms with van der Waals surface area (Å²) in [5.41, 5.74) is 1.70. The highest BCUT2D eigenvalue weighted by Crippen LogP contribution is 2.48. The van der Waals surface area contributed by atoms with Gasteiger partial charge in [0.1, 0.15) is 0 Å². The molecular weight excluding hydrogens is 180 g/mol. The molecule has 72 valence electrons. The molecule has 1 fully saturated rings. The first-order valence-electron chi connectivity index (χ1n) is 4.84. The van der Waals surface area contributed by atoms with Crippen molar-refractivity contribution < 1.29 is 0 Å². The fraction of sp³-hybridized carbons (Fsp3) is 0.700. The average Bonchev–Trinajstić information content (AvgIpc) is 2.69. The highest BCUT2D eigenvalue weighted by Gasteiger charge is 2.41. The van der Waals surface area contributed by atoms with Crippen molar-refractivity contribution in [3.63, 3.8) is 0 Å². The second-order valence-electron chi connectivity index (χ2n) is 4.06. The summed E-state index contributed by atoms with van der Waals surface area (Å²) in [6.07, 6.45) is 3.71. The topological polar surface area (TPSA) is 24.9 Å². The molecule has 0 aliphatic heterocycles. The predicted molar refractivity (Wildman–Crippen MR) is 56.3 cm³/mol. The summed E-state index contributed by atoms with van der Waals surface area (Å²) >= 11 is 1.83. The normalized spacial score (nSPS) is 18.9. The number of aromatic nitrogens is 1. The maximum absolute atomic E-state index is 4.66. The summed E-state index contributed by atoms with van der Waals surface area (Å²) < 4.78 is 0. The number of nitrogens with zero attached hydrogens (tertiary/aromatic N) is 1. The lowest BCUT2D eigenvalue weighted by Crippen LogP contribution is -2.10. The Labute approximate surface area is 83.4 Å².